The van der Waals surface area contributed by atoms with Crippen LogP contribution in [0.5, 0.6) is 0 Å². The molecule has 0 aliphatic carbocycles. The molecule has 0 heterocycles. The minimum absolute atomic E-state index is 0.236. The first-order valence-electron chi connectivity index (χ1n) is 6.45. The summed E-state index contributed by atoms with van der Waals surface area (Å²) in [6.45, 7) is 1.83. The van der Waals surface area contributed by atoms with Gasteiger partial charge in [-0.25, -0.2) is 0 Å². The predicted octanol–water partition coefficient (Wildman–Crippen LogP) is 3.10. The highest BCUT2D eigenvalue weighted by Gasteiger charge is 2.13. The fourth-order valence-corrected chi connectivity index (χ4v) is 1.78. The molecule has 2 aromatic rings. The number of nitrogens with one attached hydrogen (secondary N) is 1. The average molecular weight is 281 g/mol. The lowest BCUT2D eigenvalue weighted by atomic mass is 10.1. The van der Waals surface area contributed by atoms with Gasteiger partial charge in [0.25, 0.3) is 5.91 Å². The summed E-state index contributed by atoms with van der Waals surface area (Å²) in [5, 5.41) is 12.3. The van der Waals surface area contributed by atoms with Gasteiger partial charge in [0.15, 0.2) is 0 Å². The molecule has 0 aliphatic rings. The normalized spacial score (nSPS) is 11.0. The van der Waals surface area contributed by atoms with E-state index in [9.17, 15) is 14.7 Å². The van der Waals surface area contributed by atoms with Crippen LogP contribution in [-0.2, 0) is 9.59 Å². The lowest BCUT2D eigenvalue weighted by Crippen LogP contribution is -2.21. The van der Waals surface area contributed by atoms with Gasteiger partial charge in [0.05, 0.1) is 0 Å². The lowest BCUT2D eigenvalue weighted by Gasteiger charge is -2.06. The van der Waals surface area contributed by atoms with Crippen molar-refractivity contribution < 1.29 is 14.7 Å². The minimum atomic E-state index is -0.806. The third-order valence-electron chi connectivity index (χ3n) is 2.95. The van der Waals surface area contributed by atoms with Crippen LogP contribution in [0.25, 0.3) is 5.76 Å². The van der Waals surface area contributed by atoms with Crippen LogP contribution in [0.15, 0.2) is 60.7 Å². The van der Waals surface area contributed by atoms with Crippen molar-refractivity contribution in [2.45, 2.75) is 6.92 Å². The van der Waals surface area contributed by atoms with E-state index >= 15 is 0 Å². The maximum Gasteiger partial charge on any atom is 0.296 e. The molecule has 21 heavy (non-hydrogen) atoms. The van der Waals surface area contributed by atoms with E-state index in [1.54, 1.807) is 42.5 Å². The van der Waals surface area contributed by atoms with E-state index in [0.29, 0.717) is 11.3 Å². The van der Waals surface area contributed by atoms with Crippen molar-refractivity contribution in [2.75, 3.05) is 5.32 Å². The number of anilines is 1. The van der Waals surface area contributed by atoms with Crippen molar-refractivity contribution in [3.8, 4) is 0 Å². The summed E-state index contributed by atoms with van der Waals surface area (Å²) in [6.07, 6.45) is 0.920. The van der Waals surface area contributed by atoms with E-state index in [1.807, 2.05) is 19.1 Å². The fourth-order valence-electron chi connectivity index (χ4n) is 1.78. The number of carbonyl (C=O) groups excluding carboxylic acids is 2. The summed E-state index contributed by atoms with van der Waals surface area (Å²) in [6, 6.07) is 15.7. The van der Waals surface area contributed by atoms with Crippen molar-refractivity contribution in [1.29, 1.82) is 0 Å². The molecule has 0 radical (unpaired) electrons. The number of ketones is 1. The second kappa shape index (κ2) is 6.52. The highest BCUT2D eigenvalue weighted by Crippen LogP contribution is 2.14. The molecular weight excluding hydrogens is 266 g/mol. The molecule has 106 valence electrons. The van der Waals surface area contributed by atoms with Gasteiger partial charge in [-0.05, 0) is 18.6 Å². The third kappa shape index (κ3) is 3.79. The number of benzene rings is 2. The molecule has 4 heteroatoms. The Labute approximate surface area is 122 Å². The lowest BCUT2D eigenvalue weighted by molar-refractivity contribution is -0.131. The summed E-state index contributed by atoms with van der Waals surface area (Å²) in [5.41, 5.74) is 1.91. The van der Waals surface area contributed by atoms with Crippen LogP contribution in [0.4, 0.5) is 5.69 Å². The average Bonchev–Trinajstić information content (AvgIpc) is 2.50. The fraction of sp³-hybridized carbons (Fsp3) is 0.0588. The number of amides is 1. The zero-order valence-electron chi connectivity index (χ0n) is 11.5. The molecule has 0 aromatic heterocycles. The highest BCUT2D eigenvalue weighted by molar-refractivity contribution is 6.45. The number of carbonyl (C=O) groups is 2. The Morgan fingerprint density at radius 1 is 1.00 bits per heavy atom. The van der Waals surface area contributed by atoms with Gasteiger partial charge < -0.3 is 10.4 Å². The smallest absolute Gasteiger partial charge is 0.296 e. The standard InChI is InChI=1S/C17H15NO3/c1-12-7-5-6-10-14(12)18-17(21)16(20)11-15(19)13-8-3-2-4-9-13/h2-11,19H,1H3,(H,18,21). The zero-order valence-corrected chi connectivity index (χ0v) is 11.5. The maximum absolute atomic E-state index is 11.8. The Kier molecular flexibility index (Phi) is 4.51. The van der Waals surface area contributed by atoms with Crippen LogP contribution < -0.4 is 5.32 Å². The Morgan fingerprint density at radius 3 is 2.29 bits per heavy atom. The maximum atomic E-state index is 11.8. The Balaban J connectivity index is 2.10. The van der Waals surface area contributed by atoms with E-state index in [-0.39, 0.29) is 5.76 Å². The molecule has 2 aromatic carbocycles. The largest absolute Gasteiger partial charge is 0.507 e. The number of aliphatic hydroxyl groups is 1. The highest BCUT2D eigenvalue weighted by atomic mass is 16.3. The molecule has 0 aliphatic heterocycles. The summed E-state index contributed by atoms with van der Waals surface area (Å²) in [4.78, 5) is 23.6. The van der Waals surface area contributed by atoms with Crippen LogP contribution in [0.3, 0.4) is 0 Å². The SMILES string of the molecule is Cc1ccccc1NC(=O)C(=O)C=C(O)c1ccccc1. The van der Waals surface area contributed by atoms with Gasteiger partial charge in [-0.2, -0.15) is 0 Å². The van der Waals surface area contributed by atoms with Gasteiger partial charge in [-0.3, -0.25) is 9.59 Å². The third-order valence-corrected chi connectivity index (χ3v) is 2.95. The van der Waals surface area contributed by atoms with Gasteiger partial charge in [-0.1, -0.05) is 48.5 Å². The van der Waals surface area contributed by atoms with E-state index in [4.69, 9.17) is 0 Å². The van der Waals surface area contributed by atoms with Crippen molar-refractivity contribution >= 4 is 23.1 Å². The summed E-state index contributed by atoms with van der Waals surface area (Å²) >= 11 is 0. The molecular formula is C17H15NO3. The topological polar surface area (TPSA) is 66.4 Å². The number of hydrogen-bond acceptors (Lipinski definition) is 3. The quantitative estimate of drug-likeness (QED) is 0.514. The van der Waals surface area contributed by atoms with E-state index in [1.165, 1.54) is 0 Å². The Morgan fingerprint density at radius 2 is 1.62 bits per heavy atom. The number of rotatable bonds is 4. The van der Waals surface area contributed by atoms with Crippen LogP contribution in [0.2, 0.25) is 0 Å². The molecule has 2 N–H and O–H groups in total. The number of aliphatic hydroxyl groups excluding tert-OH is 1. The number of para-hydroxylation sites is 1. The summed E-state index contributed by atoms with van der Waals surface area (Å²) < 4.78 is 0. The number of aryl methyl sites for hydroxylation is 1. The molecule has 0 saturated carbocycles. The Hall–Kier alpha value is -2.88. The molecule has 0 spiro atoms. The van der Waals surface area contributed by atoms with E-state index in [0.717, 1.165) is 11.6 Å². The van der Waals surface area contributed by atoms with Crippen molar-refractivity contribution in [2.24, 2.45) is 0 Å². The van der Waals surface area contributed by atoms with Gasteiger partial charge in [0.2, 0.25) is 5.78 Å². The molecule has 0 unspecified atom stereocenters. The van der Waals surface area contributed by atoms with Crippen LogP contribution >= 0.6 is 0 Å². The van der Waals surface area contributed by atoms with Crippen molar-refractivity contribution in [3.05, 3.63) is 71.8 Å². The van der Waals surface area contributed by atoms with Gasteiger partial charge in [-0.15, -0.1) is 0 Å². The second-order valence-electron chi connectivity index (χ2n) is 4.53. The van der Waals surface area contributed by atoms with Gasteiger partial charge in [0.1, 0.15) is 5.76 Å². The van der Waals surface area contributed by atoms with E-state index < -0.39 is 11.7 Å². The Bertz CT molecular complexity index is 690. The molecule has 1 amide bonds. The first-order valence-corrected chi connectivity index (χ1v) is 6.45. The molecule has 0 fully saturated rings. The minimum Gasteiger partial charge on any atom is -0.507 e. The molecule has 4 nitrogen and oxygen atoms in total. The van der Waals surface area contributed by atoms with Gasteiger partial charge in [0, 0.05) is 17.3 Å². The van der Waals surface area contributed by atoms with Crippen LogP contribution in [-0.4, -0.2) is 16.8 Å². The van der Waals surface area contributed by atoms with Crippen molar-refractivity contribution in [3.63, 3.8) is 0 Å². The monoisotopic (exact) mass is 281 g/mol. The number of hydrogen-bond donors (Lipinski definition) is 2. The van der Waals surface area contributed by atoms with Crippen LogP contribution in [0, 0.1) is 6.92 Å². The second-order valence-corrected chi connectivity index (χ2v) is 4.53. The first-order chi connectivity index (χ1) is 10.1. The molecule has 0 saturated heterocycles. The molecule has 0 bridgehead atoms. The predicted molar refractivity (Wildman–Crippen MR) is 81.9 cm³/mol. The zero-order chi connectivity index (χ0) is 15.2. The van der Waals surface area contributed by atoms with E-state index in [2.05, 4.69) is 5.32 Å². The first kappa shape index (κ1) is 14.5. The van der Waals surface area contributed by atoms with Crippen LogP contribution in [0.1, 0.15) is 11.1 Å². The summed E-state index contributed by atoms with van der Waals surface area (Å²) in [7, 11) is 0. The van der Waals surface area contributed by atoms with Gasteiger partial charge >= 0.3 is 0 Å². The molecule has 0 atom stereocenters. The van der Waals surface area contributed by atoms with Crippen molar-refractivity contribution in [1.82, 2.24) is 0 Å². The summed E-state index contributed by atoms with van der Waals surface area (Å²) in [5.74, 6) is -1.83. The molecule has 2 rings (SSSR count).